The molecule has 0 spiro atoms. The minimum absolute atomic E-state index is 0.0574. The van der Waals surface area contributed by atoms with Crippen molar-refractivity contribution in [2.45, 2.75) is 19.4 Å². The molecule has 1 atom stereocenters. The largest absolute Gasteiger partial charge is 0.486 e. The molecular weight excluding hydrogens is 300 g/mol. The SMILES string of the molecule is CCC1CN(CC(=O)Nc2nccs2)c2ccc(N)cc2O1. The second-order valence-electron chi connectivity index (χ2n) is 5.14. The fourth-order valence-corrected chi connectivity index (χ4v) is 2.97. The van der Waals surface area contributed by atoms with Crippen LogP contribution in [0.4, 0.5) is 16.5 Å². The third-order valence-electron chi connectivity index (χ3n) is 3.51. The van der Waals surface area contributed by atoms with Crippen LogP contribution >= 0.6 is 11.3 Å². The first-order valence-electron chi connectivity index (χ1n) is 7.16. The van der Waals surface area contributed by atoms with Crippen LogP contribution in [0.25, 0.3) is 0 Å². The van der Waals surface area contributed by atoms with Crippen molar-refractivity contribution < 1.29 is 9.53 Å². The van der Waals surface area contributed by atoms with Crippen LogP contribution in [0.1, 0.15) is 13.3 Å². The Hall–Kier alpha value is -2.28. The number of fused-ring (bicyclic) bond motifs is 1. The van der Waals surface area contributed by atoms with Gasteiger partial charge in [0.15, 0.2) is 5.13 Å². The molecule has 1 unspecified atom stereocenters. The molecule has 1 amide bonds. The minimum Gasteiger partial charge on any atom is -0.486 e. The van der Waals surface area contributed by atoms with Crippen LogP contribution < -0.4 is 20.7 Å². The number of nitrogens with two attached hydrogens (primary N) is 1. The fourth-order valence-electron chi connectivity index (χ4n) is 2.43. The molecule has 2 heterocycles. The van der Waals surface area contributed by atoms with Crippen LogP contribution in [0, 0.1) is 0 Å². The Morgan fingerprint density at radius 1 is 1.59 bits per heavy atom. The number of nitrogen functional groups attached to an aromatic ring is 1. The van der Waals surface area contributed by atoms with E-state index in [2.05, 4.69) is 17.2 Å². The van der Waals surface area contributed by atoms with Gasteiger partial charge in [0.2, 0.25) is 5.91 Å². The van der Waals surface area contributed by atoms with Gasteiger partial charge in [-0.1, -0.05) is 6.92 Å². The summed E-state index contributed by atoms with van der Waals surface area (Å²) in [5.41, 5.74) is 7.37. The topological polar surface area (TPSA) is 80.5 Å². The van der Waals surface area contributed by atoms with E-state index in [0.717, 1.165) is 17.9 Å². The molecule has 1 aliphatic rings. The standard InChI is InChI=1S/C15H18N4O2S/c1-2-11-8-19(9-14(20)18-15-17-5-6-22-15)12-4-3-10(16)7-13(12)21-11/h3-7,11H,2,8-9,16H2,1H3,(H,17,18,20). The molecule has 0 saturated heterocycles. The number of anilines is 3. The predicted octanol–water partition coefficient (Wildman–Crippen LogP) is 2.34. The zero-order chi connectivity index (χ0) is 15.5. The molecule has 0 radical (unpaired) electrons. The number of hydrogen-bond acceptors (Lipinski definition) is 6. The average Bonchev–Trinajstić information content (AvgIpc) is 2.99. The molecule has 1 aromatic heterocycles. The summed E-state index contributed by atoms with van der Waals surface area (Å²) in [5, 5.41) is 5.25. The Morgan fingerprint density at radius 3 is 3.18 bits per heavy atom. The summed E-state index contributed by atoms with van der Waals surface area (Å²) in [7, 11) is 0. The van der Waals surface area contributed by atoms with Crippen LogP contribution in [-0.2, 0) is 4.79 Å². The number of carbonyl (C=O) groups excluding carboxylic acids is 1. The highest BCUT2D eigenvalue weighted by Gasteiger charge is 2.26. The summed E-state index contributed by atoms with van der Waals surface area (Å²) in [5.74, 6) is 0.648. The van der Waals surface area contributed by atoms with E-state index in [9.17, 15) is 4.79 Å². The molecule has 3 N–H and O–H groups in total. The van der Waals surface area contributed by atoms with Crippen molar-refractivity contribution in [2.75, 3.05) is 29.0 Å². The molecular formula is C15H18N4O2S. The van der Waals surface area contributed by atoms with Crippen molar-refractivity contribution in [1.82, 2.24) is 4.98 Å². The molecule has 0 bridgehead atoms. The van der Waals surface area contributed by atoms with Crippen molar-refractivity contribution in [2.24, 2.45) is 0 Å². The maximum atomic E-state index is 12.2. The van der Waals surface area contributed by atoms with E-state index in [1.54, 1.807) is 6.20 Å². The van der Waals surface area contributed by atoms with Crippen molar-refractivity contribution in [1.29, 1.82) is 0 Å². The van der Waals surface area contributed by atoms with Crippen molar-refractivity contribution in [3.63, 3.8) is 0 Å². The Labute approximate surface area is 132 Å². The molecule has 7 heteroatoms. The van der Waals surface area contributed by atoms with Crippen LogP contribution in [-0.4, -0.2) is 30.1 Å². The number of benzene rings is 1. The number of carbonyl (C=O) groups is 1. The van der Waals surface area contributed by atoms with E-state index >= 15 is 0 Å². The predicted molar refractivity (Wildman–Crippen MR) is 88.5 cm³/mol. The van der Waals surface area contributed by atoms with E-state index in [1.165, 1.54) is 11.3 Å². The number of nitrogens with zero attached hydrogens (tertiary/aromatic N) is 2. The summed E-state index contributed by atoms with van der Waals surface area (Å²) in [6, 6.07) is 5.52. The highest BCUT2D eigenvalue weighted by Crippen LogP contribution is 2.35. The van der Waals surface area contributed by atoms with Gasteiger partial charge in [0.1, 0.15) is 11.9 Å². The van der Waals surface area contributed by atoms with Gasteiger partial charge >= 0.3 is 0 Å². The molecule has 1 aromatic carbocycles. The van der Waals surface area contributed by atoms with Gasteiger partial charge in [-0.15, -0.1) is 11.3 Å². The zero-order valence-electron chi connectivity index (χ0n) is 12.3. The van der Waals surface area contributed by atoms with E-state index in [4.69, 9.17) is 10.5 Å². The van der Waals surface area contributed by atoms with Crippen LogP contribution in [0.5, 0.6) is 5.75 Å². The Kier molecular flexibility index (Phi) is 4.15. The number of ether oxygens (including phenoxy) is 1. The molecule has 0 saturated carbocycles. The first-order valence-corrected chi connectivity index (χ1v) is 8.04. The Morgan fingerprint density at radius 2 is 2.45 bits per heavy atom. The van der Waals surface area contributed by atoms with Crippen molar-refractivity contribution in [3.05, 3.63) is 29.8 Å². The Bertz CT molecular complexity index is 660. The number of aromatic nitrogens is 1. The zero-order valence-corrected chi connectivity index (χ0v) is 13.1. The lowest BCUT2D eigenvalue weighted by Crippen LogP contribution is -2.43. The number of hydrogen-bond donors (Lipinski definition) is 2. The molecule has 116 valence electrons. The third-order valence-corrected chi connectivity index (χ3v) is 4.20. The normalized spacial score (nSPS) is 16.8. The molecule has 6 nitrogen and oxygen atoms in total. The van der Waals surface area contributed by atoms with Gasteiger partial charge in [0.05, 0.1) is 18.8 Å². The molecule has 3 rings (SSSR count). The van der Waals surface area contributed by atoms with Gasteiger partial charge in [-0.3, -0.25) is 4.79 Å². The van der Waals surface area contributed by atoms with Crippen LogP contribution in [0.2, 0.25) is 0 Å². The quantitative estimate of drug-likeness (QED) is 0.846. The van der Waals surface area contributed by atoms with Gasteiger partial charge in [-0.2, -0.15) is 0 Å². The number of rotatable bonds is 4. The minimum atomic E-state index is -0.0884. The molecule has 2 aromatic rings. The van der Waals surface area contributed by atoms with Gasteiger partial charge in [0.25, 0.3) is 0 Å². The summed E-state index contributed by atoms with van der Waals surface area (Å²) < 4.78 is 5.92. The van der Waals surface area contributed by atoms with Crippen LogP contribution in [0.3, 0.4) is 0 Å². The lowest BCUT2D eigenvalue weighted by Gasteiger charge is -2.35. The second kappa shape index (κ2) is 6.23. The third kappa shape index (κ3) is 3.14. The first kappa shape index (κ1) is 14.6. The summed E-state index contributed by atoms with van der Waals surface area (Å²) in [6.07, 6.45) is 2.60. The average molecular weight is 318 g/mol. The van der Waals surface area contributed by atoms with E-state index in [-0.39, 0.29) is 18.6 Å². The second-order valence-corrected chi connectivity index (χ2v) is 6.04. The van der Waals surface area contributed by atoms with Gasteiger partial charge in [0, 0.05) is 23.3 Å². The first-order chi connectivity index (χ1) is 10.7. The van der Waals surface area contributed by atoms with E-state index < -0.39 is 0 Å². The van der Waals surface area contributed by atoms with Gasteiger partial charge < -0.3 is 20.7 Å². The fraction of sp³-hybridized carbons (Fsp3) is 0.333. The number of thiazole rings is 1. The number of nitrogens with one attached hydrogen (secondary N) is 1. The molecule has 22 heavy (non-hydrogen) atoms. The highest BCUT2D eigenvalue weighted by atomic mass is 32.1. The van der Waals surface area contributed by atoms with Gasteiger partial charge in [-0.05, 0) is 18.6 Å². The van der Waals surface area contributed by atoms with Gasteiger partial charge in [-0.25, -0.2) is 4.98 Å². The maximum Gasteiger partial charge on any atom is 0.245 e. The molecule has 0 aliphatic carbocycles. The molecule has 0 fully saturated rings. The van der Waals surface area contributed by atoms with Crippen molar-refractivity contribution in [3.8, 4) is 5.75 Å². The van der Waals surface area contributed by atoms with Crippen LogP contribution in [0.15, 0.2) is 29.8 Å². The number of amides is 1. The summed E-state index contributed by atoms with van der Waals surface area (Å²) >= 11 is 1.40. The molecule has 1 aliphatic heterocycles. The monoisotopic (exact) mass is 318 g/mol. The highest BCUT2D eigenvalue weighted by molar-refractivity contribution is 7.13. The smallest absolute Gasteiger partial charge is 0.245 e. The maximum absolute atomic E-state index is 12.2. The summed E-state index contributed by atoms with van der Waals surface area (Å²) in [4.78, 5) is 18.3. The van der Waals surface area contributed by atoms with E-state index in [0.29, 0.717) is 17.4 Å². The lowest BCUT2D eigenvalue weighted by atomic mass is 10.1. The lowest BCUT2D eigenvalue weighted by molar-refractivity contribution is -0.115. The van der Waals surface area contributed by atoms with E-state index in [1.807, 2.05) is 28.5 Å². The Balaban J connectivity index is 1.76. The van der Waals surface area contributed by atoms with Crippen molar-refractivity contribution >= 4 is 33.8 Å². The summed E-state index contributed by atoms with van der Waals surface area (Å²) in [6.45, 7) is 3.00.